The Morgan fingerprint density at radius 3 is 2.79 bits per heavy atom. The average Bonchev–Trinajstić information content (AvgIpc) is 2.43. The van der Waals surface area contributed by atoms with Crippen molar-refractivity contribution < 1.29 is 14.6 Å². The van der Waals surface area contributed by atoms with Gasteiger partial charge in [0.1, 0.15) is 5.57 Å². The van der Waals surface area contributed by atoms with Crippen molar-refractivity contribution in [1.29, 1.82) is 0 Å². The molecule has 0 radical (unpaired) electrons. The van der Waals surface area contributed by atoms with Crippen LogP contribution in [0.2, 0.25) is 0 Å². The minimum atomic E-state index is -1.04. The molecule has 3 nitrogen and oxygen atoms in total. The summed E-state index contributed by atoms with van der Waals surface area (Å²) in [6, 6.07) is 11.0. The van der Waals surface area contributed by atoms with Crippen molar-refractivity contribution in [1.82, 2.24) is 0 Å². The Labute approximate surface area is 111 Å². The lowest BCUT2D eigenvalue weighted by Crippen LogP contribution is -2.01. The van der Waals surface area contributed by atoms with Crippen LogP contribution in [0.4, 0.5) is 0 Å². The number of methoxy groups -OCH3 is 1. The predicted molar refractivity (Wildman–Crippen MR) is 74.5 cm³/mol. The standard InChI is InChI=1S/C16H12O3/c1-3-11-7-8-12-5-4-6-13(14(12)9-11)15(10-19-2)16(17)18/h1,4-10H,2H3,(H,17,18)/b15-10+. The Morgan fingerprint density at radius 1 is 1.37 bits per heavy atom. The fraction of sp³-hybridized carbons (Fsp3) is 0.0625. The average molecular weight is 252 g/mol. The van der Waals surface area contributed by atoms with E-state index in [4.69, 9.17) is 11.2 Å². The number of carbonyl (C=O) groups is 1. The van der Waals surface area contributed by atoms with Crippen molar-refractivity contribution in [2.45, 2.75) is 0 Å². The first-order valence-electron chi connectivity index (χ1n) is 5.63. The van der Waals surface area contributed by atoms with Crippen LogP contribution in [-0.2, 0) is 9.53 Å². The van der Waals surface area contributed by atoms with Crippen molar-refractivity contribution in [2.75, 3.05) is 7.11 Å². The summed E-state index contributed by atoms with van der Waals surface area (Å²) in [5, 5.41) is 11.0. The summed E-state index contributed by atoms with van der Waals surface area (Å²) in [7, 11) is 1.42. The predicted octanol–water partition coefficient (Wildman–Crippen LogP) is 2.89. The molecule has 0 spiro atoms. The minimum absolute atomic E-state index is 0.0993. The number of fused-ring (bicyclic) bond motifs is 1. The molecule has 0 aliphatic heterocycles. The maximum absolute atomic E-state index is 11.3. The van der Waals surface area contributed by atoms with Crippen molar-refractivity contribution in [3.8, 4) is 12.3 Å². The zero-order valence-corrected chi connectivity index (χ0v) is 10.4. The van der Waals surface area contributed by atoms with Crippen LogP contribution >= 0.6 is 0 Å². The Bertz CT molecular complexity index is 705. The van der Waals surface area contributed by atoms with Gasteiger partial charge in [0.05, 0.1) is 13.4 Å². The molecule has 94 valence electrons. The summed E-state index contributed by atoms with van der Waals surface area (Å²) in [5.74, 6) is 1.51. The van der Waals surface area contributed by atoms with E-state index >= 15 is 0 Å². The Balaban J connectivity index is 2.76. The van der Waals surface area contributed by atoms with Crippen LogP contribution in [0.3, 0.4) is 0 Å². The Hall–Kier alpha value is -2.73. The van der Waals surface area contributed by atoms with Gasteiger partial charge >= 0.3 is 5.97 Å². The van der Waals surface area contributed by atoms with Gasteiger partial charge in [-0.25, -0.2) is 4.79 Å². The first kappa shape index (κ1) is 12.7. The summed E-state index contributed by atoms with van der Waals surface area (Å²) < 4.78 is 4.84. The zero-order valence-electron chi connectivity index (χ0n) is 10.4. The van der Waals surface area contributed by atoms with Gasteiger partial charge in [-0.1, -0.05) is 30.2 Å². The van der Waals surface area contributed by atoms with Crippen LogP contribution in [0.15, 0.2) is 42.7 Å². The highest BCUT2D eigenvalue weighted by Crippen LogP contribution is 2.26. The lowest BCUT2D eigenvalue weighted by atomic mass is 9.97. The number of hydrogen-bond acceptors (Lipinski definition) is 2. The van der Waals surface area contributed by atoms with E-state index in [0.29, 0.717) is 11.1 Å². The molecule has 0 heterocycles. The second-order valence-corrected chi connectivity index (χ2v) is 3.96. The number of carboxylic acids is 1. The van der Waals surface area contributed by atoms with E-state index in [1.807, 2.05) is 18.2 Å². The summed E-state index contributed by atoms with van der Waals surface area (Å²) in [6.07, 6.45) is 6.60. The van der Waals surface area contributed by atoms with Crippen molar-refractivity contribution in [3.63, 3.8) is 0 Å². The maximum Gasteiger partial charge on any atom is 0.339 e. The molecule has 3 heteroatoms. The maximum atomic E-state index is 11.3. The molecule has 0 aromatic heterocycles. The van der Waals surface area contributed by atoms with Crippen LogP contribution in [-0.4, -0.2) is 18.2 Å². The van der Waals surface area contributed by atoms with E-state index in [1.165, 1.54) is 13.4 Å². The highest BCUT2D eigenvalue weighted by Gasteiger charge is 2.14. The molecule has 19 heavy (non-hydrogen) atoms. The normalized spacial score (nSPS) is 11.1. The van der Waals surface area contributed by atoms with Gasteiger partial charge < -0.3 is 9.84 Å². The molecule has 0 aliphatic carbocycles. The monoisotopic (exact) mass is 252 g/mol. The first-order valence-corrected chi connectivity index (χ1v) is 5.63. The van der Waals surface area contributed by atoms with Gasteiger partial charge in [0.25, 0.3) is 0 Å². The summed E-state index contributed by atoms with van der Waals surface area (Å²) >= 11 is 0. The largest absolute Gasteiger partial charge is 0.503 e. The SMILES string of the molecule is C#Cc1ccc2cccc(/C(=C\OC)C(=O)O)c2c1. The van der Waals surface area contributed by atoms with Crippen LogP contribution < -0.4 is 0 Å². The van der Waals surface area contributed by atoms with Gasteiger partial charge in [0.15, 0.2) is 0 Å². The molecule has 0 saturated carbocycles. The number of carboxylic acid groups (broad SMARTS) is 1. The zero-order chi connectivity index (χ0) is 13.8. The van der Waals surface area contributed by atoms with E-state index in [1.54, 1.807) is 18.2 Å². The molecule has 2 rings (SSSR count). The third kappa shape index (κ3) is 2.43. The van der Waals surface area contributed by atoms with E-state index in [2.05, 4.69) is 5.92 Å². The molecular weight excluding hydrogens is 240 g/mol. The fourth-order valence-electron chi connectivity index (χ4n) is 1.94. The highest BCUT2D eigenvalue weighted by molar-refractivity contribution is 6.19. The lowest BCUT2D eigenvalue weighted by molar-refractivity contribution is -0.130. The number of hydrogen-bond donors (Lipinski definition) is 1. The molecule has 0 atom stereocenters. The second kappa shape index (κ2) is 5.28. The van der Waals surface area contributed by atoms with Gasteiger partial charge in [0, 0.05) is 5.56 Å². The molecule has 2 aromatic carbocycles. The topological polar surface area (TPSA) is 46.5 Å². The third-order valence-electron chi connectivity index (χ3n) is 2.81. The van der Waals surface area contributed by atoms with Crippen molar-refractivity contribution >= 4 is 22.3 Å². The molecule has 2 aromatic rings. The summed E-state index contributed by atoms with van der Waals surface area (Å²) in [5.41, 5.74) is 1.40. The minimum Gasteiger partial charge on any atom is -0.503 e. The van der Waals surface area contributed by atoms with Gasteiger partial charge in [-0.3, -0.25) is 0 Å². The summed E-state index contributed by atoms with van der Waals surface area (Å²) in [6.45, 7) is 0. The van der Waals surface area contributed by atoms with E-state index in [-0.39, 0.29) is 5.57 Å². The quantitative estimate of drug-likeness (QED) is 0.519. The molecule has 0 saturated heterocycles. The second-order valence-electron chi connectivity index (χ2n) is 3.96. The molecule has 0 unspecified atom stereocenters. The number of ether oxygens (including phenoxy) is 1. The lowest BCUT2D eigenvalue weighted by Gasteiger charge is -2.08. The van der Waals surface area contributed by atoms with Gasteiger partial charge in [-0.15, -0.1) is 6.42 Å². The molecule has 0 amide bonds. The van der Waals surface area contributed by atoms with Crippen LogP contribution in [0.25, 0.3) is 16.3 Å². The van der Waals surface area contributed by atoms with E-state index in [9.17, 15) is 9.90 Å². The van der Waals surface area contributed by atoms with Crippen LogP contribution in [0, 0.1) is 12.3 Å². The molecule has 1 N–H and O–H groups in total. The first-order chi connectivity index (χ1) is 9.17. The van der Waals surface area contributed by atoms with Crippen molar-refractivity contribution in [3.05, 3.63) is 53.8 Å². The van der Waals surface area contributed by atoms with Gasteiger partial charge in [0.2, 0.25) is 0 Å². The van der Waals surface area contributed by atoms with Gasteiger partial charge in [-0.05, 0) is 28.5 Å². The fourth-order valence-corrected chi connectivity index (χ4v) is 1.94. The highest BCUT2D eigenvalue weighted by atomic mass is 16.5. The van der Waals surface area contributed by atoms with Crippen LogP contribution in [0.5, 0.6) is 0 Å². The molecule has 0 bridgehead atoms. The number of terminal acetylenes is 1. The Morgan fingerprint density at radius 2 is 2.16 bits per heavy atom. The number of rotatable bonds is 3. The van der Waals surface area contributed by atoms with E-state index in [0.717, 1.165) is 10.8 Å². The number of aliphatic carboxylic acids is 1. The Kier molecular flexibility index (Phi) is 3.53. The van der Waals surface area contributed by atoms with Crippen LogP contribution in [0.1, 0.15) is 11.1 Å². The summed E-state index contributed by atoms with van der Waals surface area (Å²) in [4.78, 5) is 11.3. The molecular formula is C16H12O3. The molecule has 0 aliphatic rings. The smallest absolute Gasteiger partial charge is 0.339 e. The van der Waals surface area contributed by atoms with E-state index < -0.39 is 5.97 Å². The number of benzene rings is 2. The van der Waals surface area contributed by atoms with Gasteiger partial charge in [-0.2, -0.15) is 0 Å². The molecule has 0 fully saturated rings. The third-order valence-corrected chi connectivity index (χ3v) is 2.81. The van der Waals surface area contributed by atoms with Crippen molar-refractivity contribution in [2.24, 2.45) is 0 Å².